The fourth-order valence-corrected chi connectivity index (χ4v) is 4.44. The molecule has 0 radical (unpaired) electrons. The van der Waals surface area contributed by atoms with Gasteiger partial charge in [0.05, 0.1) is 24.8 Å². The maximum absolute atomic E-state index is 13.2. The van der Waals surface area contributed by atoms with Crippen molar-refractivity contribution >= 4 is 17.4 Å². The second-order valence-corrected chi connectivity index (χ2v) is 8.75. The van der Waals surface area contributed by atoms with Crippen molar-refractivity contribution < 1.29 is 28.9 Å². The smallest absolute Gasteiger partial charge is 0.295 e. The highest BCUT2D eigenvalue weighted by molar-refractivity contribution is 6.46. The number of hydrogen-bond donors (Lipinski definition) is 1. The predicted molar refractivity (Wildman–Crippen MR) is 140 cm³/mol. The number of benzene rings is 3. The molecule has 0 saturated carbocycles. The van der Waals surface area contributed by atoms with E-state index in [4.69, 9.17) is 14.2 Å². The first-order valence-corrected chi connectivity index (χ1v) is 12.2. The summed E-state index contributed by atoms with van der Waals surface area (Å²) in [7, 11) is 1.53. The van der Waals surface area contributed by atoms with Gasteiger partial charge < -0.3 is 24.2 Å². The number of ketones is 1. The largest absolute Gasteiger partial charge is 0.507 e. The number of aliphatic hydroxyl groups is 1. The van der Waals surface area contributed by atoms with Crippen LogP contribution in [-0.4, -0.2) is 48.6 Å². The number of nitrogens with zero attached hydrogens (tertiary/aromatic N) is 1. The van der Waals surface area contributed by atoms with Crippen molar-refractivity contribution in [1.82, 2.24) is 4.90 Å². The zero-order chi connectivity index (χ0) is 26.4. The molecular formula is C30H31NO6. The van der Waals surface area contributed by atoms with Gasteiger partial charge >= 0.3 is 0 Å². The van der Waals surface area contributed by atoms with Gasteiger partial charge in [-0.25, -0.2) is 0 Å². The third-order valence-electron chi connectivity index (χ3n) is 6.25. The Bertz CT molecular complexity index is 1300. The van der Waals surface area contributed by atoms with Crippen LogP contribution in [0.1, 0.15) is 35.2 Å². The molecule has 0 aromatic heterocycles. The molecule has 3 aromatic carbocycles. The summed E-state index contributed by atoms with van der Waals surface area (Å²) >= 11 is 0. The molecule has 0 spiro atoms. The minimum atomic E-state index is -0.773. The van der Waals surface area contributed by atoms with Crippen LogP contribution >= 0.6 is 0 Å². The predicted octanol–water partition coefficient (Wildman–Crippen LogP) is 5.04. The van der Waals surface area contributed by atoms with Crippen molar-refractivity contribution in [3.63, 3.8) is 0 Å². The molecule has 1 saturated heterocycles. The van der Waals surface area contributed by atoms with Crippen LogP contribution in [0.5, 0.6) is 11.5 Å². The maximum atomic E-state index is 13.2. The molecule has 4 rings (SSSR count). The Balaban J connectivity index is 1.71. The molecule has 1 fully saturated rings. The van der Waals surface area contributed by atoms with E-state index >= 15 is 0 Å². The number of rotatable bonds is 10. The summed E-state index contributed by atoms with van der Waals surface area (Å²) < 4.78 is 16.8. The van der Waals surface area contributed by atoms with Crippen molar-refractivity contribution in [2.45, 2.75) is 26.5 Å². The van der Waals surface area contributed by atoms with Crippen LogP contribution < -0.4 is 9.47 Å². The molecule has 1 heterocycles. The second-order valence-electron chi connectivity index (χ2n) is 8.75. The van der Waals surface area contributed by atoms with Crippen molar-refractivity contribution in [3.05, 3.63) is 101 Å². The molecule has 1 amide bonds. The van der Waals surface area contributed by atoms with E-state index in [1.165, 1.54) is 12.0 Å². The Morgan fingerprint density at radius 1 is 0.973 bits per heavy atom. The van der Waals surface area contributed by atoms with E-state index in [2.05, 4.69) is 0 Å². The van der Waals surface area contributed by atoms with Crippen LogP contribution in [0.25, 0.3) is 5.76 Å². The number of amides is 1. The van der Waals surface area contributed by atoms with Gasteiger partial charge in [0.2, 0.25) is 0 Å². The fourth-order valence-electron chi connectivity index (χ4n) is 4.44. The van der Waals surface area contributed by atoms with E-state index in [1.54, 1.807) is 30.3 Å². The summed E-state index contributed by atoms with van der Waals surface area (Å²) in [6.45, 7) is 5.09. The summed E-state index contributed by atoms with van der Waals surface area (Å²) in [6, 6.07) is 21.5. The molecule has 0 bridgehead atoms. The normalized spacial score (nSPS) is 16.7. The highest BCUT2D eigenvalue weighted by Crippen LogP contribution is 2.40. The number of methoxy groups -OCH3 is 1. The van der Waals surface area contributed by atoms with E-state index in [0.717, 1.165) is 11.1 Å². The number of likely N-dealkylation sites (tertiary alicyclic amines) is 1. The van der Waals surface area contributed by atoms with Gasteiger partial charge in [0.25, 0.3) is 11.7 Å². The molecule has 7 heteroatoms. The monoisotopic (exact) mass is 501 g/mol. The summed E-state index contributed by atoms with van der Waals surface area (Å²) in [5, 5.41) is 11.4. The highest BCUT2D eigenvalue weighted by atomic mass is 16.5. The van der Waals surface area contributed by atoms with Crippen LogP contribution in [-0.2, 0) is 20.9 Å². The van der Waals surface area contributed by atoms with E-state index in [9.17, 15) is 14.7 Å². The lowest BCUT2D eigenvalue weighted by Crippen LogP contribution is -2.32. The summed E-state index contributed by atoms with van der Waals surface area (Å²) in [5.41, 5.74) is 2.97. The number of carbonyl (C=O) groups is 2. The lowest BCUT2D eigenvalue weighted by molar-refractivity contribution is -0.140. The molecule has 37 heavy (non-hydrogen) atoms. The lowest BCUT2D eigenvalue weighted by Gasteiger charge is -2.25. The summed E-state index contributed by atoms with van der Waals surface area (Å²) in [6.07, 6.45) is 0. The number of aliphatic hydroxyl groups excluding tert-OH is 1. The quantitative estimate of drug-likeness (QED) is 0.238. The zero-order valence-electron chi connectivity index (χ0n) is 21.3. The van der Waals surface area contributed by atoms with Crippen LogP contribution in [0, 0.1) is 6.92 Å². The number of aryl methyl sites for hydroxylation is 1. The van der Waals surface area contributed by atoms with Gasteiger partial charge in [-0.15, -0.1) is 0 Å². The van der Waals surface area contributed by atoms with Crippen LogP contribution in [0.4, 0.5) is 0 Å². The molecule has 1 aliphatic heterocycles. The van der Waals surface area contributed by atoms with Gasteiger partial charge in [0.1, 0.15) is 23.9 Å². The number of ether oxygens (including phenoxy) is 3. The molecule has 1 unspecified atom stereocenters. The van der Waals surface area contributed by atoms with Crippen LogP contribution in [0.3, 0.4) is 0 Å². The molecular weight excluding hydrogens is 470 g/mol. The number of hydrogen-bond acceptors (Lipinski definition) is 6. The molecule has 7 nitrogen and oxygen atoms in total. The highest BCUT2D eigenvalue weighted by Gasteiger charge is 2.46. The first-order valence-electron chi connectivity index (χ1n) is 12.2. The van der Waals surface area contributed by atoms with Gasteiger partial charge in [0.15, 0.2) is 0 Å². The van der Waals surface area contributed by atoms with Gasteiger partial charge in [-0.1, -0.05) is 42.5 Å². The van der Waals surface area contributed by atoms with Gasteiger partial charge in [-0.3, -0.25) is 9.59 Å². The van der Waals surface area contributed by atoms with E-state index in [0.29, 0.717) is 35.8 Å². The van der Waals surface area contributed by atoms with Crippen LogP contribution in [0.15, 0.2) is 78.4 Å². The summed E-state index contributed by atoms with van der Waals surface area (Å²) in [4.78, 5) is 27.6. The Hall–Kier alpha value is -4.10. The zero-order valence-corrected chi connectivity index (χ0v) is 21.3. The van der Waals surface area contributed by atoms with Crippen molar-refractivity contribution in [3.8, 4) is 11.5 Å². The molecule has 0 aliphatic carbocycles. The molecule has 1 N–H and O–H groups in total. The molecule has 192 valence electrons. The van der Waals surface area contributed by atoms with Gasteiger partial charge in [-0.2, -0.15) is 0 Å². The van der Waals surface area contributed by atoms with Crippen molar-refractivity contribution in [2.75, 3.05) is 26.9 Å². The Labute approximate surface area is 216 Å². The first-order chi connectivity index (χ1) is 17.9. The number of carbonyl (C=O) groups excluding carboxylic acids is 2. The third-order valence-corrected chi connectivity index (χ3v) is 6.25. The average molecular weight is 502 g/mol. The minimum absolute atomic E-state index is 0.0344. The Morgan fingerprint density at radius 2 is 1.76 bits per heavy atom. The van der Waals surface area contributed by atoms with Crippen molar-refractivity contribution in [1.29, 1.82) is 0 Å². The summed E-state index contributed by atoms with van der Waals surface area (Å²) in [5.74, 6) is -0.356. The minimum Gasteiger partial charge on any atom is -0.507 e. The number of Topliss-reactive ketones (excluding diaryl/α,β-unsaturated/α-hetero) is 1. The SMILES string of the molecule is CCOc1cccc(C2/C(=C(\O)c3ccc(OCc4ccccc4)c(C)c3)C(=O)C(=O)N2CCOC)c1. The topological polar surface area (TPSA) is 85.3 Å². The van der Waals surface area contributed by atoms with Crippen LogP contribution in [0.2, 0.25) is 0 Å². The van der Waals surface area contributed by atoms with E-state index in [1.807, 2.05) is 56.3 Å². The maximum Gasteiger partial charge on any atom is 0.295 e. The molecule has 1 atom stereocenters. The van der Waals surface area contributed by atoms with Gasteiger partial charge in [-0.05, 0) is 60.9 Å². The Morgan fingerprint density at radius 3 is 2.46 bits per heavy atom. The van der Waals surface area contributed by atoms with Gasteiger partial charge in [0, 0.05) is 19.2 Å². The first kappa shape index (κ1) is 26.0. The molecule has 3 aromatic rings. The average Bonchev–Trinajstić information content (AvgIpc) is 3.16. The molecule has 1 aliphatic rings. The second kappa shape index (κ2) is 11.8. The van der Waals surface area contributed by atoms with E-state index < -0.39 is 17.7 Å². The third kappa shape index (κ3) is 5.67. The standard InChI is InChI=1S/C30H31NO6/c1-4-36-24-12-8-11-22(18-24)27-26(29(33)30(34)31(27)15-16-35-3)28(32)23-13-14-25(20(2)17-23)37-19-21-9-6-5-7-10-21/h5-14,17-18,27,32H,4,15-16,19H2,1-3H3/b28-26+. The van der Waals surface area contributed by atoms with Crippen molar-refractivity contribution in [2.24, 2.45) is 0 Å². The van der Waals surface area contributed by atoms with E-state index in [-0.39, 0.29) is 24.5 Å². The Kier molecular flexibility index (Phi) is 8.25. The fraction of sp³-hybridized carbons (Fsp3) is 0.267. The lowest BCUT2D eigenvalue weighted by atomic mass is 9.94.